The first-order chi connectivity index (χ1) is 9.97. The summed E-state index contributed by atoms with van der Waals surface area (Å²) < 4.78 is 12.9. The van der Waals surface area contributed by atoms with E-state index in [1.807, 2.05) is 18.7 Å². The van der Waals surface area contributed by atoms with E-state index in [0.29, 0.717) is 12.5 Å². The molecule has 1 rings (SSSR count). The SMILES string of the molecule is CCN(CC)C(=O)CN[C@H](Cc1ccc(F)cc1)C(C)C. The van der Waals surface area contributed by atoms with Gasteiger partial charge in [0.25, 0.3) is 0 Å². The van der Waals surface area contributed by atoms with Crippen molar-refractivity contribution >= 4 is 5.91 Å². The van der Waals surface area contributed by atoms with Gasteiger partial charge in [-0.05, 0) is 43.9 Å². The highest BCUT2D eigenvalue weighted by atomic mass is 19.1. The lowest BCUT2D eigenvalue weighted by molar-refractivity contribution is -0.130. The Morgan fingerprint density at radius 1 is 1.19 bits per heavy atom. The molecule has 0 fully saturated rings. The predicted molar refractivity (Wildman–Crippen MR) is 84.7 cm³/mol. The van der Waals surface area contributed by atoms with E-state index >= 15 is 0 Å². The number of rotatable bonds is 8. The van der Waals surface area contributed by atoms with Crippen molar-refractivity contribution in [3.8, 4) is 0 Å². The summed E-state index contributed by atoms with van der Waals surface area (Å²) in [6.07, 6.45) is 0.795. The Hall–Kier alpha value is -1.42. The van der Waals surface area contributed by atoms with Crippen LogP contribution in [0.1, 0.15) is 33.3 Å². The number of carbonyl (C=O) groups is 1. The summed E-state index contributed by atoms with van der Waals surface area (Å²) in [4.78, 5) is 13.9. The molecule has 0 unspecified atom stereocenters. The lowest BCUT2D eigenvalue weighted by atomic mass is 9.96. The van der Waals surface area contributed by atoms with Gasteiger partial charge >= 0.3 is 0 Å². The number of carbonyl (C=O) groups excluding carboxylic acids is 1. The molecule has 4 heteroatoms. The van der Waals surface area contributed by atoms with Crippen LogP contribution in [0.5, 0.6) is 0 Å². The third-order valence-corrected chi connectivity index (χ3v) is 3.81. The first-order valence-corrected chi connectivity index (χ1v) is 7.73. The Balaban J connectivity index is 2.58. The summed E-state index contributed by atoms with van der Waals surface area (Å²) in [6.45, 7) is 10.1. The monoisotopic (exact) mass is 294 g/mol. The number of benzene rings is 1. The second-order valence-corrected chi connectivity index (χ2v) is 5.63. The molecule has 0 saturated carbocycles. The predicted octanol–water partition coefficient (Wildman–Crippen LogP) is 2.85. The highest BCUT2D eigenvalue weighted by molar-refractivity contribution is 5.78. The fraction of sp³-hybridized carbons (Fsp3) is 0.588. The van der Waals surface area contributed by atoms with Crippen LogP contribution in [0.4, 0.5) is 4.39 Å². The van der Waals surface area contributed by atoms with E-state index in [0.717, 1.165) is 25.1 Å². The molecule has 0 aliphatic carbocycles. The number of hydrogen-bond donors (Lipinski definition) is 1. The second-order valence-electron chi connectivity index (χ2n) is 5.63. The van der Waals surface area contributed by atoms with Crippen molar-refractivity contribution in [2.75, 3.05) is 19.6 Å². The van der Waals surface area contributed by atoms with Crippen LogP contribution >= 0.6 is 0 Å². The molecule has 118 valence electrons. The van der Waals surface area contributed by atoms with E-state index in [4.69, 9.17) is 0 Å². The molecule has 3 nitrogen and oxygen atoms in total. The highest BCUT2D eigenvalue weighted by Gasteiger charge is 2.17. The summed E-state index contributed by atoms with van der Waals surface area (Å²) in [6, 6.07) is 6.77. The van der Waals surface area contributed by atoms with Crippen LogP contribution in [0.2, 0.25) is 0 Å². The third kappa shape index (κ3) is 5.84. The maximum Gasteiger partial charge on any atom is 0.236 e. The summed E-state index contributed by atoms with van der Waals surface area (Å²) in [5.74, 6) is 0.314. The first kappa shape index (κ1) is 17.6. The number of halogens is 1. The Morgan fingerprint density at radius 3 is 2.24 bits per heavy atom. The largest absolute Gasteiger partial charge is 0.342 e. The maximum absolute atomic E-state index is 12.9. The normalized spacial score (nSPS) is 12.5. The van der Waals surface area contributed by atoms with Gasteiger partial charge in [-0.15, -0.1) is 0 Å². The molecule has 1 amide bonds. The number of likely N-dealkylation sites (N-methyl/N-ethyl adjacent to an activating group) is 1. The van der Waals surface area contributed by atoms with E-state index in [9.17, 15) is 9.18 Å². The van der Waals surface area contributed by atoms with Crippen LogP contribution in [0.25, 0.3) is 0 Å². The van der Waals surface area contributed by atoms with Crippen molar-refractivity contribution < 1.29 is 9.18 Å². The molecular formula is C17H27FN2O. The standard InChI is InChI=1S/C17H27FN2O/c1-5-20(6-2)17(21)12-19-16(13(3)4)11-14-7-9-15(18)10-8-14/h7-10,13,16,19H,5-6,11-12H2,1-4H3/t16-/m1/s1. The average Bonchev–Trinajstić information content (AvgIpc) is 2.46. The smallest absolute Gasteiger partial charge is 0.236 e. The lowest BCUT2D eigenvalue weighted by Crippen LogP contribution is -2.44. The molecule has 0 aliphatic heterocycles. The highest BCUT2D eigenvalue weighted by Crippen LogP contribution is 2.11. The van der Waals surface area contributed by atoms with Crippen molar-refractivity contribution in [2.24, 2.45) is 5.92 Å². The van der Waals surface area contributed by atoms with Gasteiger partial charge in [0, 0.05) is 19.1 Å². The molecule has 0 radical (unpaired) electrons. The zero-order valence-electron chi connectivity index (χ0n) is 13.5. The number of amides is 1. The van der Waals surface area contributed by atoms with Gasteiger partial charge in [-0.25, -0.2) is 4.39 Å². The second kappa shape index (κ2) is 8.78. The van der Waals surface area contributed by atoms with Gasteiger partial charge in [0.1, 0.15) is 5.82 Å². The van der Waals surface area contributed by atoms with Crippen LogP contribution in [0.15, 0.2) is 24.3 Å². The molecule has 1 aromatic rings. The molecule has 1 aromatic carbocycles. The molecule has 0 bridgehead atoms. The minimum atomic E-state index is -0.218. The average molecular weight is 294 g/mol. The van der Waals surface area contributed by atoms with Gasteiger partial charge in [0.2, 0.25) is 5.91 Å². The number of nitrogens with zero attached hydrogens (tertiary/aromatic N) is 1. The first-order valence-electron chi connectivity index (χ1n) is 7.73. The van der Waals surface area contributed by atoms with Gasteiger partial charge in [-0.3, -0.25) is 4.79 Å². The van der Waals surface area contributed by atoms with Crippen molar-refractivity contribution in [1.82, 2.24) is 10.2 Å². The summed E-state index contributed by atoms with van der Waals surface area (Å²) in [5, 5.41) is 3.35. The van der Waals surface area contributed by atoms with Crippen LogP contribution in [-0.4, -0.2) is 36.5 Å². The van der Waals surface area contributed by atoms with Gasteiger partial charge in [0.05, 0.1) is 6.54 Å². The molecule has 0 heterocycles. The topological polar surface area (TPSA) is 32.3 Å². The molecule has 0 saturated heterocycles. The third-order valence-electron chi connectivity index (χ3n) is 3.81. The van der Waals surface area contributed by atoms with Crippen LogP contribution in [0, 0.1) is 11.7 Å². The van der Waals surface area contributed by atoms with Crippen LogP contribution in [-0.2, 0) is 11.2 Å². The molecule has 0 spiro atoms. The van der Waals surface area contributed by atoms with Crippen molar-refractivity contribution in [3.05, 3.63) is 35.6 Å². The molecule has 1 N–H and O–H groups in total. The fourth-order valence-electron chi connectivity index (χ4n) is 2.32. The number of nitrogens with one attached hydrogen (secondary N) is 1. The Labute approximate surface area is 127 Å². The minimum absolute atomic E-state index is 0.129. The Kier molecular flexibility index (Phi) is 7.37. The van der Waals surface area contributed by atoms with Crippen LogP contribution in [0.3, 0.4) is 0 Å². The molecule has 1 atom stereocenters. The fourth-order valence-corrected chi connectivity index (χ4v) is 2.32. The van der Waals surface area contributed by atoms with Crippen LogP contribution < -0.4 is 5.32 Å². The van der Waals surface area contributed by atoms with E-state index in [1.165, 1.54) is 12.1 Å². The Morgan fingerprint density at radius 2 is 1.76 bits per heavy atom. The molecular weight excluding hydrogens is 267 g/mol. The molecule has 0 aromatic heterocycles. The minimum Gasteiger partial charge on any atom is -0.342 e. The van der Waals surface area contributed by atoms with Gasteiger partial charge in [-0.1, -0.05) is 26.0 Å². The van der Waals surface area contributed by atoms with E-state index in [2.05, 4.69) is 19.2 Å². The number of hydrogen-bond acceptors (Lipinski definition) is 2. The van der Waals surface area contributed by atoms with Gasteiger partial charge < -0.3 is 10.2 Å². The van der Waals surface area contributed by atoms with E-state index < -0.39 is 0 Å². The molecule has 21 heavy (non-hydrogen) atoms. The van der Waals surface area contributed by atoms with E-state index in [-0.39, 0.29) is 17.8 Å². The molecule has 0 aliphatic rings. The Bertz CT molecular complexity index is 427. The van der Waals surface area contributed by atoms with Crippen molar-refractivity contribution in [2.45, 2.75) is 40.2 Å². The zero-order valence-corrected chi connectivity index (χ0v) is 13.5. The summed E-state index contributed by atoms with van der Waals surface area (Å²) >= 11 is 0. The van der Waals surface area contributed by atoms with Crippen molar-refractivity contribution in [1.29, 1.82) is 0 Å². The summed E-state index contributed by atoms with van der Waals surface area (Å²) in [5.41, 5.74) is 1.08. The van der Waals surface area contributed by atoms with Gasteiger partial charge in [-0.2, -0.15) is 0 Å². The lowest BCUT2D eigenvalue weighted by Gasteiger charge is -2.25. The van der Waals surface area contributed by atoms with Crippen molar-refractivity contribution in [3.63, 3.8) is 0 Å². The summed E-state index contributed by atoms with van der Waals surface area (Å²) in [7, 11) is 0. The maximum atomic E-state index is 12.9. The van der Waals surface area contributed by atoms with Gasteiger partial charge in [0.15, 0.2) is 0 Å². The quantitative estimate of drug-likeness (QED) is 0.799. The zero-order chi connectivity index (χ0) is 15.8. The van der Waals surface area contributed by atoms with E-state index in [1.54, 1.807) is 12.1 Å².